The number of urea groups is 1. The molecular formula is C29H32N4O3. The van der Waals surface area contributed by atoms with Gasteiger partial charge in [-0.3, -0.25) is 9.36 Å². The normalized spacial score (nSPS) is 11.9. The number of hydrogen-bond acceptors (Lipinski definition) is 4. The summed E-state index contributed by atoms with van der Waals surface area (Å²) in [5.41, 5.74) is 4.83. The molecule has 0 aliphatic heterocycles. The molecule has 1 N–H and O–H groups in total. The van der Waals surface area contributed by atoms with Gasteiger partial charge in [-0.05, 0) is 62.6 Å². The second kappa shape index (κ2) is 10.7. The quantitative estimate of drug-likeness (QED) is 0.373. The van der Waals surface area contributed by atoms with E-state index in [0.29, 0.717) is 29.9 Å². The van der Waals surface area contributed by atoms with Crippen molar-refractivity contribution in [2.75, 3.05) is 25.6 Å². The van der Waals surface area contributed by atoms with Gasteiger partial charge >= 0.3 is 6.03 Å². The first-order valence-electron chi connectivity index (χ1n) is 12.0. The molecule has 1 unspecified atom stereocenters. The van der Waals surface area contributed by atoms with Crippen LogP contribution >= 0.6 is 0 Å². The number of nitrogens with one attached hydrogen (secondary N) is 1. The summed E-state index contributed by atoms with van der Waals surface area (Å²) in [6.45, 7) is 8.45. The number of carbonyl (C=O) groups excluding carboxylic acids is 1. The lowest BCUT2D eigenvalue weighted by molar-refractivity contribution is 0.137. The van der Waals surface area contributed by atoms with Gasteiger partial charge in [-0.1, -0.05) is 48.5 Å². The number of carbonyl (C=O) groups is 1. The number of para-hydroxylation sites is 3. The van der Waals surface area contributed by atoms with E-state index < -0.39 is 6.04 Å². The summed E-state index contributed by atoms with van der Waals surface area (Å²) < 4.78 is 6.96. The van der Waals surface area contributed by atoms with E-state index in [0.717, 1.165) is 28.1 Å². The number of ether oxygens (including phenoxy) is 1. The Labute approximate surface area is 211 Å². The minimum atomic E-state index is -0.526. The maximum atomic E-state index is 13.8. The van der Waals surface area contributed by atoms with Gasteiger partial charge in [0.15, 0.2) is 0 Å². The highest BCUT2D eigenvalue weighted by Gasteiger charge is 2.27. The molecule has 0 bridgehead atoms. The number of hydrogen-bond donors (Lipinski definition) is 1. The molecule has 3 aromatic carbocycles. The fourth-order valence-corrected chi connectivity index (χ4v) is 4.47. The van der Waals surface area contributed by atoms with Gasteiger partial charge in [0.25, 0.3) is 5.56 Å². The second-order valence-corrected chi connectivity index (χ2v) is 8.97. The van der Waals surface area contributed by atoms with E-state index in [-0.39, 0.29) is 11.6 Å². The average Bonchev–Trinajstić information content (AvgIpc) is 2.87. The van der Waals surface area contributed by atoms with Gasteiger partial charge in [-0.2, -0.15) is 0 Å². The van der Waals surface area contributed by atoms with E-state index in [9.17, 15) is 9.59 Å². The maximum Gasteiger partial charge on any atom is 0.322 e. The van der Waals surface area contributed by atoms with Crippen LogP contribution in [0.25, 0.3) is 16.6 Å². The van der Waals surface area contributed by atoms with Gasteiger partial charge in [-0.25, -0.2) is 9.78 Å². The first-order chi connectivity index (χ1) is 17.3. The molecule has 4 rings (SSSR count). The van der Waals surface area contributed by atoms with Crippen molar-refractivity contribution in [2.45, 2.75) is 33.7 Å². The highest BCUT2D eigenvalue weighted by molar-refractivity contribution is 5.91. The van der Waals surface area contributed by atoms with Crippen LogP contribution in [0.1, 0.15) is 35.5 Å². The van der Waals surface area contributed by atoms with Crippen molar-refractivity contribution in [1.29, 1.82) is 0 Å². The summed E-state index contributed by atoms with van der Waals surface area (Å²) in [5, 5.41) is 3.60. The number of aryl methyl sites for hydroxylation is 3. The molecule has 0 aliphatic rings. The van der Waals surface area contributed by atoms with Crippen LogP contribution in [0.5, 0.6) is 0 Å². The molecule has 1 atom stereocenters. The molecule has 1 heterocycles. The SMILES string of the molecule is COCCN(C(=O)Nc1c(C)cccc1C)C(C)c1nc2ccccc2c(=O)n1-c1ccccc1C. The van der Waals surface area contributed by atoms with E-state index in [1.165, 1.54) is 0 Å². The van der Waals surface area contributed by atoms with Crippen molar-refractivity contribution in [3.05, 3.63) is 99.6 Å². The summed E-state index contributed by atoms with van der Waals surface area (Å²) in [5.74, 6) is 0.487. The van der Waals surface area contributed by atoms with Crippen LogP contribution in [0, 0.1) is 20.8 Å². The first-order valence-corrected chi connectivity index (χ1v) is 12.0. The Balaban J connectivity index is 1.86. The van der Waals surface area contributed by atoms with Crippen molar-refractivity contribution in [1.82, 2.24) is 14.5 Å². The standard InChI is InChI=1S/C29H32N4O3/c1-19-11-6-9-16-25(19)33-27(30-24-15-8-7-14-23(24)28(33)34)22(4)32(17-18-36-5)29(35)31-26-20(2)12-10-13-21(26)3/h6-16,22H,17-18H2,1-5H3,(H,31,35). The number of anilines is 1. The molecule has 1 aromatic heterocycles. The van der Waals surface area contributed by atoms with Crippen molar-refractivity contribution < 1.29 is 9.53 Å². The molecule has 0 fully saturated rings. The predicted octanol–water partition coefficient (Wildman–Crippen LogP) is 5.55. The van der Waals surface area contributed by atoms with Crippen LogP contribution in [0.4, 0.5) is 10.5 Å². The zero-order valence-electron chi connectivity index (χ0n) is 21.4. The minimum Gasteiger partial charge on any atom is -0.383 e. The van der Waals surface area contributed by atoms with E-state index in [4.69, 9.17) is 9.72 Å². The van der Waals surface area contributed by atoms with Crippen LogP contribution in [-0.4, -0.2) is 40.7 Å². The third-order valence-corrected chi connectivity index (χ3v) is 6.51. The van der Waals surface area contributed by atoms with Crippen molar-refractivity contribution in [3.63, 3.8) is 0 Å². The number of amides is 2. The zero-order chi connectivity index (χ0) is 25.8. The maximum absolute atomic E-state index is 13.8. The highest BCUT2D eigenvalue weighted by Crippen LogP contribution is 2.26. The Hall–Kier alpha value is -3.97. The lowest BCUT2D eigenvalue weighted by Crippen LogP contribution is -2.41. The number of methoxy groups -OCH3 is 1. The molecule has 0 saturated carbocycles. The molecule has 7 nitrogen and oxygen atoms in total. The van der Waals surface area contributed by atoms with Gasteiger partial charge < -0.3 is 15.0 Å². The Bertz CT molecular complexity index is 1440. The molecule has 4 aromatic rings. The molecule has 2 amide bonds. The molecule has 0 saturated heterocycles. The molecule has 36 heavy (non-hydrogen) atoms. The molecule has 186 valence electrons. The summed E-state index contributed by atoms with van der Waals surface area (Å²) in [6.07, 6.45) is 0. The van der Waals surface area contributed by atoms with Gasteiger partial charge in [-0.15, -0.1) is 0 Å². The third-order valence-electron chi connectivity index (χ3n) is 6.51. The second-order valence-electron chi connectivity index (χ2n) is 8.97. The monoisotopic (exact) mass is 484 g/mol. The fourth-order valence-electron chi connectivity index (χ4n) is 4.47. The smallest absolute Gasteiger partial charge is 0.322 e. The Morgan fingerprint density at radius 2 is 1.61 bits per heavy atom. The summed E-state index contributed by atoms with van der Waals surface area (Å²) in [4.78, 5) is 34.0. The first kappa shape index (κ1) is 25.1. The predicted molar refractivity (Wildman–Crippen MR) is 144 cm³/mol. The van der Waals surface area contributed by atoms with Crippen LogP contribution < -0.4 is 10.9 Å². The van der Waals surface area contributed by atoms with Crippen LogP contribution in [0.3, 0.4) is 0 Å². The zero-order valence-corrected chi connectivity index (χ0v) is 21.4. The molecule has 0 aliphatic carbocycles. The fraction of sp³-hybridized carbons (Fsp3) is 0.276. The Kier molecular flexibility index (Phi) is 7.50. The Morgan fingerprint density at radius 3 is 2.31 bits per heavy atom. The van der Waals surface area contributed by atoms with E-state index in [1.54, 1.807) is 22.6 Å². The van der Waals surface area contributed by atoms with Gasteiger partial charge in [0.1, 0.15) is 5.82 Å². The summed E-state index contributed by atoms with van der Waals surface area (Å²) in [7, 11) is 1.60. The Morgan fingerprint density at radius 1 is 0.972 bits per heavy atom. The van der Waals surface area contributed by atoms with Crippen LogP contribution in [-0.2, 0) is 4.74 Å². The minimum absolute atomic E-state index is 0.168. The van der Waals surface area contributed by atoms with Crippen molar-refractivity contribution in [3.8, 4) is 5.69 Å². The van der Waals surface area contributed by atoms with Crippen molar-refractivity contribution in [2.24, 2.45) is 0 Å². The number of rotatable bonds is 7. The highest BCUT2D eigenvalue weighted by atomic mass is 16.5. The largest absolute Gasteiger partial charge is 0.383 e. The van der Waals surface area contributed by atoms with Gasteiger partial charge in [0.05, 0.1) is 29.2 Å². The number of benzene rings is 3. The summed E-state index contributed by atoms with van der Waals surface area (Å²) >= 11 is 0. The van der Waals surface area contributed by atoms with Gasteiger partial charge in [0, 0.05) is 19.3 Å². The summed E-state index contributed by atoms with van der Waals surface area (Å²) in [6, 6.07) is 20.1. The lowest BCUT2D eigenvalue weighted by Gasteiger charge is -2.31. The van der Waals surface area contributed by atoms with Crippen LogP contribution in [0.2, 0.25) is 0 Å². The number of aromatic nitrogens is 2. The lowest BCUT2D eigenvalue weighted by atomic mass is 10.1. The average molecular weight is 485 g/mol. The molecule has 0 radical (unpaired) electrons. The van der Waals surface area contributed by atoms with E-state index >= 15 is 0 Å². The van der Waals surface area contributed by atoms with Gasteiger partial charge in [0.2, 0.25) is 0 Å². The molecule has 0 spiro atoms. The molecule has 7 heteroatoms. The van der Waals surface area contributed by atoms with E-state index in [1.807, 2.05) is 88.4 Å². The van der Waals surface area contributed by atoms with E-state index in [2.05, 4.69) is 5.32 Å². The number of fused-ring (bicyclic) bond motifs is 1. The third kappa shape index (κ3) is 4.88. The molecular weight excluding hydrogens is 452 g/mol. The van der Waals surface area contributed by atoms with Crippen molar-refractivity contribution >= 4 is 22.6 Å². The number of nitrogens with zero attached hydrogens (tertiary/aromatic N) is 3. The van der Waals surface area contributed by atoms with Crippen LogP contribution in [0.15, 0.2) is 71.5 Å². The topological polar surface area (TPSA) is 76.5 Å².